The van der Waals surface area contributed by atoms with Gasteiger partial charge in [-0.1, -0.05) is 0 Å². The number of hydrogen-bond donors (Lipinski definition) is 1. The molecule has 0 spiro atoms. The van der Waals surface area contributed by atoms with Gasteiger partial charge in [-0.05, 0) is 56.6 Å². The number of hydrogen-bond acceptors (Lipinski definition) is 6. The van der Waals surface area contributed by atoms with E-state index in [2.05, 4.69) is 10.3 Å². The normalized spacial score (nSPS) is 24.7. The van der Waals surface area contributed by atoms with Crippen LogP contribution in [0, 0.1) is 24.6 Å². The maximum Gasteiger partial charge on any atom is 0.396 e. The standard InChI is InChI=1S/C24H27F4N3O4/c1-12-4-15(8-17(25)20(12)34-16-6-13-5-14(13)7-16)29-21(32)19-18(9-24(26,27)28)35-22(30-19)31-10-23(2,11-31)33-3/h4,8,13-14,16H,5-7,9-11H2,1-3H3,(H,29,32)/t13-,14?,16?/m1/s1. The number of oxazole rings is 1. The first-order chi connectivity index (χ1) is 16.4. The molecule has 1 aliphatic heterocycles. The van der Waals surface area contributed by atoms with Gasteiger partial charge in [0.15, 0.2) is 17.3 Å². The van der Waals surface area contributed by atoms with Gasteiger partial charge in [-0.15, -0.1) is 0 Å². The van der Waals surface area contributed by atoms with Gasteiger partial charge in [0.1, 0.15) is 17.8 Å². The lowest BCUT2D eigenvalue weighted by atomic mass is 9.97. The molecule has 3 aliphatic rings. The Bertz CT molecular complexity index is 1110. The Morgan fingerprint density at radius 1 is 1.26 bits per heavy atom. The van der Waals surface area contributed by atoms with Gasteiger partial charge in [-0.2, -0.15) is 18.2 Å². The average molecular weight is 497 g/mol. The first-order valence-electron chi connectivity index (χ1n) is 11.6. The predicted octanol–water partition coefficient (Wildman–Crippen LogP) is 4.88. The van der Waals surface area contributed by atoms with Crippen molar-refractivity contribution >= 4 is 17.6 Å². The molecule has 7 nitrogen and oxygen atoms in total. The van der Waals surface area contributed by atoms with Crippen LogP contribution in [0.3, 0.4) is 0 Å². The number of methoxy groups -OCH3 is 1. The number of nitrogens with zero attached hydrogens (tertiary/aromatic N) is 2. The van der Waals surface area contributed by atoms with E-state index in [0.717, 1.165) is 18.9 Å². The molecule has 0 radical (unpaired) electrons. The molecule has 2 saturated carbocycles. The molecule has 2 aromatic rings. The number of fused-ring (bicyclic) bond motifs is 1. The van der Waals surface area contributed by atoms with Gasteiger partial charge in [-0.25, -0.2) is 4.39 Å². The topological polar surface area (TPSA) is 76.8 Å². The lowest BCUT2D eigenvalue weighted by Crippen LogP contribution is -2.61. The summed E-state index contributed by atoms with van der Waals surface area (Å²) in [5, 5.41) is 2.45. The summed E-state index contributed by atoms with van der Waals surface area (Å²) >= 11 is 0. The van der Waals surface area contributed by atoms with Gasteiger partial charge in [0.2, 0.25) is 0 Å². The first kappa shape index (κ1) is 23.9. The van der Waals surface area contributed by atoms with E-state index in [-0.39, 0.29) is 23.6 Å². The number of halogens is 4. The highest BCUT2D eigenvalue weighted by atomic mass is 19.4. The van der Waals surface area contributed by atoms with Crippen molar-refractivity contribution in [2.75, 3.05) is 30.4 Å². The Kier molecular flexibility index (Phi) is 5.73. The van der Waals surface area contributed by atoms with Crippen LogP contribution in [0.5, 0.6) is 5.75 Å². The minimum absolute atomic E-state index is 0.0210. The highest BCUT2D eigenvalue weighted by Crippen LogP contribution is 2.52. The molecule has 0 bridgehead atoms. The third kappa shape index (κ3) is 4.96. The molecule has 1 N–H and O–H groups in total. The number of amides is 1. The van der Waals surface area contributed by atoms with E-state index in [1.54, 1.807) is 11.8 Å². The van der Waals surface area contributed by atoms with Crippen LogP contribution >= 0.6 is 0 Å². The summed E-state index contributed by atoms with van der Waals surface area (Å²) in [5.41, 5.74) is -0.396. The number of carbonyl (C=O) groups excluding carboxylic acids is 1. The van der Waals surface area contributed by atoms with Crippen LogP contribution in [0.15, 0.2) is 16.5 Å². The summed E-state index contributed by atoms with van der Waals surface area (Å²) in [6.07, 6.45) is -3.03. The van der Waals surface area contributed by atoms with Crippen molar-refractivity contribution in [2.45, 2.75) is 57.4 Å². The number of alkyl halides is 3. The van der Waals surface area contributed by atoms with Crippen molar-refractivity contribution in [3.8, 4) is 5.75 Å². The van der Waals surface area contributed by atoms with Crippen LogP contribution < -0.4 is 15.0 Å². The molecule has 5 rings (SSSR count). The monoisotopic (exact) mass is 497 g/mol. The number of aromatic nitrogens is 1. The fraction of sp³-hybridized carbons (Fsp3) is 0.583. The molecule has 1 amide bonds. The van der Waals surface area contributed by atoms with Crippen LogP contribution in [0.1, 0.15) is 48.0 Å². The van der Waals surface area contributed by atoms with E-state index >= 15 is 0 Å². The Labute approximate surface area is 199 Å². The minimum Gasteiger partial charge on any atom is -0.487 e. The highest BCUT2D eigenvalue weighted by Gasteiger charge is 2.47. The zero-order valence-electron chi connectivity index (χ0n) is 19.7. The summed E-state index contributed by atoms with van der Waals surface area (Å²) in [6, 6.07) is 2.53. The van der Waals surface area contributed by atoms with Crippen molar-refractivity contribution in [3.05, 3.63) is 35.0 Å². The Hall–Kier alpha value is -2.82. The first-order valence-corrected chi connectivity index (χ1v) is 11.6. The second-order valence-corrected chi connectivity index (χ2v) is 10.1. The number of benzene rings is 1. The molecule has 3 fully saturated rings. The third-order valence-electron chi connectivity index (χ3n) is 7.05. The van der Waals surface area contributed by atoms with Crippen LogP contribution in [0.25, 0.3) is 0 Å². The number of aryl methyl sites for hydroxylation is 1. The lowest BCUT2D eigenvalue weighted by molar-refractivity contribution is -0.130. The SMILES string of the molecule is COC1(C)CN(c2nc(C(=O)Nc3cc(C)c(OC4CC5C[C@@H]5C4)c(F)c3)c(CC(F)(F)F)o2)C1. The van der Waals surface area contributed by atoms with E-state index in [4.69, 9.17) is 13.9 Å². The van der Waals surface area contributed by atoms with Crippen molar-refractivity contribution in [2.24, 2.45) is 11.8 Å². The number of ether oxygens (including phenoxy) is 2. The van der Waals surface area contributed by atoms with Gasteiger partial charge in [0.25, 0.3) is 11.9 Å². The molecule has 1 saturated heterocycles. The molecular weight excluding hydrogens is 470 g/mol. The van der Waals surface area contributed by atoms with Crippen molar-refractivity contribution in [1.82, 2.24) is 4.98 Å². The number of carbonyl (C=O) groups is 1. The summed E-state index contributed by atoms with van der Waals surface area (Å²) in [4.78, 5) is 18.5. The van der Waals surface area contributed by atoms with Crippen LogP contribution in [0.4, 0.5) is 29.3 Å². The van der Waals surface area contributed by atoms with Crippen LogP contribution in [0.2, 0.25) is 0 Å². The summed E-state index contributed by atoms with van der Waals surface area (Å²) in [6.45, 7) is 4.20. The van der Waals surface area contributed by atoms with Crippen molar-refractivity contribution in [1.29, 1.82) is 0 Å². The van der Waals surface area contributed by atoms with Gasteiger partial charge in [-0.3, -0.25) is 4.79 Å². The molecule has 1 aromatic carbocycles. The van der Waals surface area contributed by atoms with Crippen molar-refractivity contribution < 1.29 is 36.2 Å². The molecule has 190 valence electrons. The smallest absolute Gasteiger partial charge is 0.396 e. The number of anilines is 2. The Morgan fingerprint density at radius 3 is 2.54 bits per heavy atom. The second kappa shape index (κ2) is 8.39. The Balaban J connectivity index is 1.32. The minimum atomic E-state index is -4.61. The fourth-order valence-electron chi connectivity index (χ4n) is 5.04. The van der Waals surface area contributed by atoms with Crippen molar-refractivity contribution in [3.63, 3.8) is 0 Å². The maximum absolute atomic E-state index is 14.8. The van der Waals surface area contributed by atoms with E-state index < -0.39 is 41.4 Å². The van der Waals surface area contributed by atoms with Gasteiger partial charge >= 0.3 is 6.18 Å². The molecule has 2 heterocycles. The zero-order valence-corrected chi connectivity index (χ0v) is 19.7. The van der Waals surface area contributed by atoms with Gasteiger partial charge in [0, 0.05) is 18.9 Å². The molecular formula is C24H27F4N3O4. The molecule has 3 atom stereocenters. The lowest BCUT2D eigenvalue weighted by Gasteiger charge is -2.45. The molecule has 2 aliphatic carbocycles. The third-order valence-corrected chi connectivity index (χ3v) is 7.05. The average Bonchev–Trinajstić information content (AvgIpc) is 3.14. The quantitative estimate of drug-likeness (QED) is 0.550. The molecule has 2 unspecified atom stereocenters. The van der Waals surface area contributed by atoms with E-state index in [1.165, 1.54) is 19.6 Å². The number of nitrogens with one attached hydrogen (secondary N) is 1. The van der Waals surface area contributed by atoms with E-state index in [0.29, 0.717) is 30.5 Å². The van der Waals surface area contributed by atoms with Crippen LogP contribution in [-0.4, -0.2) is 49.0 Å². The number of rotatable bonds is 7. The fourth-order valence-corrected chi connectivity index (χ4v) is 5.04. The Morgan fingerprint density at radius 2 is 1.94 bits per heavy atom. The highest BCUT2D eigenvalue weighted by molar-refractivity contribution is 6.04. The predicted molar refractivity (Wildman–Crippen MR) is 118 cm³/mol. The second-order valence-electron chi connectivity index (χ2n) is 10.1. The van der Waals surface area contributed by atoms with E-state index in [1.807, 2.05) is 6.92 Å². The summed E-state index contributed by atoms with van der Waals surface area (Å²) in [5.74, 6) is -0.670. The summed E-state index contributed by atoms with van der Waals surface area (Å²) < 4.78 is 70.7. The summed E-state index contributed by atoms with van der Waals surface area (Å²) in [7, 11) is 1.54. The maximum atomic E-state index is 14.8. The molecule has 11 heteroatoms. The van der Waals surface area contributed by atoms with Gasteiger partial charge < -0.3 is 24.1 Å². The van der Waals surface area contributed by atoms with Crippen LogP contribution in [-0.2, 0) is 11.2 Å². The zero-order chi connectivity index (χ0) is 25.1. The molecule has 35 heavy (non-hydrogen) atoms. The molecule has 1 aromatic heterocycles. The largest absolute Gasteiger partial charge is 0.487 e. The van der Waals surface area contributed by atoms with E-state index in [9.17, 15) is 22.4 Å². The van der Waals surface area contributed by atoms with Gasteiger partial charge in [0.05, 0.1) is 19.2 Å².